The van der Waals surface area contributed by atoms with E-state index in [0.29, 0.717) is 37.1 Å². The summed E-state index contributed by atoms with van der Waals surface area (Å²) in [4.78, 5) is 20.5. The number of aromatic amines is 1. The zero-order chi connectivity index (χ0) is 27.8. The summed E-state index contributed by atoms with van der Waals surface area (Å²) >= 11 is 0. The number of fused-ring (bicyclic) bond motifs is 1. The van der Waals surface area contributed by atoms with E-state index in [-0.39, 0.29) is 35.4 Å². The molecule has 10 nitrogen and oxygen atoms in total. The van der Waals surface area contributed by atoms with Crippen LogP contribution in [0.25, 0.3) is 22.3 Å². The number of urea groups is 1. The second-order valence-electron chi connectivity index (χ2n) is 10.9. The van der Waals surface area contributed by atoms with Crippen molar-refractivity contribution in [2.45, 2.75) is 62.4 Å². The number of H-pyrrole nitrogens is 1. The number of hydrogen-bond donors (Lipinski definition) is 2. The third kappa shape index (κ3) is 4.66. The van der Waals surface area contributed by atoms with Crippen molar-refractivity contribution in [2.24, 2.45) is 0 Å². The SMILES string of the molecule is COC1(C)CN(c2nn(CC(F)(F)F)c3cc(-c4[nH]ncc4NC(=O)N4CC(F)(F)CCC45CC5)ncc23)C1. The number of anilines is 2. The van der Waals surface area contributed by atoms with Gasteiger partial charge in [0.1, 0.15) is 12.2 Å². The predicted molar refractivity (Wildman–Crippen MR) is 131 cm³/mol. The molecule has 3 aromatic rings. The normalized spacial score (nSPS) is 21.3. The number of halogens is 5. The number of carbonyl (C=O) groups excluding carboxylic acids is 1. The number of carbonyl (C=O) groups is 1. The van der Waals surface area contributed by atoms with Gasteiger partial charge in [-0.05, 0) is 32.3 Å². The molecule has 0 aromatic carbocycles. The van der Waals surface area contributed by atoms with E-state index in [0.717, 1.165) is 4.68 Å². The summed E-state index contributed by atoms with van der Waals surface area (Å²) in [6, 6.07) is 0.756. The molecule has 3 aliphatic rings. The molecule has 3 fully saturated rings. The number of likely N-dealkylation sites (tertiary alicyclic amines) is 1. The molecule has 1 saturated carbocycles. The molecule has 2 amide bonds. The van der Waals surface area contributed by atoms with Gasteiger partial charge < -0.3 is 19.9 Å². The summed E-state index contributed by atoms with van der Waals surface area (Å²) in [6.45, 7) is 0.835. The Labute approximate surface area is 219 Å². The molecule has 2 aliphatic heterocycles. The van der Waals surface area contributed by atoms with Gasteiger partial charge in [-0.1, -0.05) is 0 Å². The summed E-state index contributed by atoms with van der Waals surface area (Å²) in [7, 11) is 1.58. The van der Waals surface area contributed by atoms with Gasteiger partial charge in [-0.15, -0.1) is 0 Å². The first-order chi connectivity index (χ1) is 18.3. The van der Waals surface area contributed by atoms with Crippen molar-refractivity contribution in [3.05, 3.63) is 18.5 Å². The first kappa shape index (κ1) is 25.8. The van der Waals surface area contributed by atoms with Crippen molar-refractivity contribution in [3.63, 3.8) is 0 Å². The zero-order valence-electron chi connectivity index (χ0n) is 21.3. The van der Waals surface area contributed by atoms with Crippen molar-refractivity contribution >= 4 is 28.4 Å². The van der Waals surface area contributed by atoms with E-state index in [1.807, 2.05) is 11.8 Å². The van der Waals surface area contributed by atoms with Crippen LogP contribution in [-0.4, -0.2) is 85.9 Å². The Morgan fingerprint density at radius 3 is 2.54 bits per heavy atom. The van der Waals surface area contributed by atoms with Gasteiger partial charge in [0, 0.05) is 25.3 Å². The quantitative estimate of drug-likeness (QED) is 0.453. The van der Waals surface area contributed by atoms with Gasteiger partial charge >= 0.3 is 12.2 Å². The number of aromatic nitrogens is 5. The molecule has 2 saturated heterocycles. The van der Waals surface area contributed by atoms with Crippen LogP contribution in [0, 0.1) is 0 Å². The van der Waals surface area contributed by atoms with E-state index in [1.54, 1.807) is 7.11 Å². The molecule has 0 bridgehead atoms. The maximum atomic E-state index is 14.1. The highest BCUT2D eigenvalue weighted by molar-refractivity contribution is 5.96. The number of rotatable bonds is 5. The molecule has 15 heteroatoms. The van der Waals surface area contributed by atoms with E-state index < -0.39 is 42.4 Å². The van der Waals surface area contributed by atoms with Crippen LogP contribution in [0.5, 0.6) is 0 Å². The highest BCUT2D eigenvalue weighted by Gasteiger charge is 2.57. The number of hydrogen-bond acceptors (Lipinski definition) is 6. The standard InChI is InChI=1S/C24H27F5N8O2/c1-21(39-2)10-35(11-21)19-14-8-30-15(7-17(14)37(34-19)13-24(27,28)29)18-16(9-31-33-18)32-20(38)36-12-23(25,26)6-5-22(36)3-4-22/h7-9H,3-6,10-13H2,1-2H3,(H,31,33)(H,32,38). The fourth-order valence-electron chi connectivity index (χ4n) is 5.49. The number of piperidine rings is 1. The first-order valence-electron chi connectivity index (χ1n) is 12.5. The molecule has 0 atom stereocenters. The van der Waals surface area contributed by atoms with E-state index >= 15 is 0 Å². The van der Waals surface area contributed by atoms with Gasteiger partial charge in [0.15, 0.2) is 5.82 Å². The van der Waals surface area contributed by atoms with Crippen molar-refractivity contribution in [1.82, 2.24) is 29.9 Å². The number of ether oxygens (including phenoxy) is 1. The number of methoxy groups -OCH3 is 1. The predicted octanol–water partition coefficient (Wildman–Crippen LogP) is 4.40. The van der Waals surface area contributed by atoms with Crippen LogP contribution >= 0.6 is 0 Å². The molecule has 1 aliphatic carbocycles. The zero-order valence-corrected chi connectivity index (χ0v) is 21.3. The van der Waals surface area contributed by atoms with Crippen molar-refractivity contribution < 1.29 is 31.5 Å². The third-order valence-electron chi connectivity index (χ3n) is 7.92. The molecule has 1 spiro atoms. The van der Waals surface area contributed by atoms with Crippen LogP contribution in [0.15, 0.2) is 18.5 Å². The average molecular weight is 555 g/mol. The molecule has 5 heterocycles. The molecule has 2 N–H and O–H groups in total. The maximum absolute atomic E-state index is 14.1. The Morgan fingerprint density at radius 2 is 1.87 bits per heavy atom. The first-order valence-corrected chi connectivity index (χ1v) is 12.5. The monoisotopic (exact) mass is 554 g/mol. The molecular weight excluding hydrogens is 527 g/mol. The Kier molecular flexibility index (Phi) is 5.62. The topological polar surface area (TPSA) is 104 Å². The van der Waals surface area contributed by atoms with E-state index in [9.17, 15) is 26.7 Å². The third-order valence-corrected chi connectivity index (χ3v) is 7.92. The van der Waals surface area contributed by atoms with E-state index in [4.69, 9.17) is 4.74 Å². The van der Waals surface area contributed by atoms with Crippen molar-refractivity contribution in [2.75, 3.05) is 37.0 Å². The number of pyridine rings is 1. The largest absolute Gasteiger partial charge is 0.408 e. The maximum Gasteiger partial charge on any atom is 0.408 e. The van der Waals surface area contributed by atoms with Gasteiger partial charge in [-0.25, -0.2) is 13.6 Å². The Balaban J connectivity index is 1.31. The van der Waals surface area contributed by atoms with Crippen LogP contribution in [-0.2, 0) is 11.3 Å². The number of nitrogens with one attached hydrogen (secondary N) is 2. The van der Waals surface area contributed by atoms with Gasteiger partial charge in [0.2, 0.25) is 0 Å². The molecule has 0 radical (unpaired) electrons. The minimum Gasteiger partial charge on any atom is -0.375 e. The van der Waals surface area contributed by atoms with Gasteiger partial charge in [0.25, 0.3) is 5.92 Å². The highest BCUT2D eigenvalue weighted by Crippen LogP contribution is 2.51. The lowest BCUT2D eigenvalue weighted by molar-refractivity contribution is -0.141. The lowest BCUT2D eigenvalue weighted by atomic mass is 9.96. The van der Waals surface area contributed by atoms with Crippen molar-refractivity contribution in [3.8, 4) is 11.4 Å². The molecular formula is C24H27F5N8O2. The average Bonchev–Trinajstić information content (AvgIpc) is 3.34. The van der Waals surface area contributed by atoms with Gasteiger partial charge in [-0.3, -0.25) is 14.8 Å². The highest BCUT2D eigenvalue weighted by atomic mass is 19.4. The molecule has 39 heavy (non-hydrogen) atoms. The molecule has 3 aromatic heterocycles. The molecule has 6 rings (SSSR count). The molecule has 210 valence electrons. The number of amides is 2. The van der Waals surface area contributed by atoms with Crippen LogP contribution < -0.4 is 10.2 Å². The smallest absolute Gasteiger partial charge is 0.375 e. The Morgan fingerprint density at radius 1 is 1.15 bits per heavy atom. The van der Waals surface area contributed by atoms with Crippen LogP contribution in [0.1, 0.15) is 32.6 Å². The second-order valence-corrected chi connectivity index (χ2v) is 10.9. The van der Waals surface area contributed by atoms with E-state index in [1.165, 1.54) is 23.4 Å². The minimum atomic E-state index is -4.52. The van der Waals surface area contributed by atoms with Crippen LogP contribution in [0.4, 0.5) is 38.3 Å². The summed E-state index contributed by atoms with van der Waals surface area (Å²) in [6.07, 6.45) is -0.469. The summed E-state index contributed by atoms with van der Waals surface area (Å²) in [5.74, 6) is -2.61. The summed E-state index contributed by atoms with van der Waals surface area (Å²) in [5.41, 5.74) is -0.163. The van der Waals surface area contributed by atoms with Gasteiger partial charge in [0.05, 0.1) is 53.7 Å². The molecule has 0 unspecified atom stereocenters. The lowest BCUT2D eigenvalue weighted by Crippen LogP contribution is -2.61. The van der Waals surface area contributed by atoms with Gasteiger partial charge in [-0.2, -0.15) is 23.4 Å². The summed E-state index contributed by atoms with van der Waals surface area (Å²) < 4.78 is 74.8. The second kappa shape index (κ2) is 8.50. The fourth-order valence-corrected chi connectivity index (χ4v) is 5.49. The lowest BCUT2D eigenvalue weighted by Gasteiger charge is -2.47. The Bertz CT molecular complexity index is 1420. The number of alkyl halides is 5. The van der Waals surface area contributed by atoms with E-state index in [2.05, 4.69) is 25.6 Å². The summed E-state index contributed by atoms with van der Waals surface area (Å²) in [5, 5.41) is 14.0. The van der Waals surface area contributed by atoms with Crippen LogP contribution in [0.2, 0.25) is 0 Å². The Hall–Kier alpha value is -3.49. The van der Waals surface area contributed by atoms with Crippen LogP contribution in [0.3, 0.4) is 0 Å². The fraction of sp³-hybridized carbons (Fsp3) is 0.583. The minimum absolute atomic E-state index is 0.178. The number of nitrogens with zero attached hydrogens (tertiary/aromatic N) is 6. The van der Waals surface area contributed by atoms with Crippen molar-refractivity contribution in [1.29, 1.82) is 0 Å².